The lowest BCUT2D eigenvalue weighted by molar-refractivity contribution is -0.142. The highest BCUT2D eigenvalue weighted by Crippen LogP contribution is 2.35. The van der Waals surface area contributed by atoms with Gasteiger partial charge in [-0.2, -0.15) is 0 Å². The Balaban J connectivity index is 1.34. The van der Waals surface area contributed by atoms with Gasteiger partial charge in [-0.1, -0.05) is 67.6 Å². The molecule has 2 aliphatic heterocycles. The Kier molecular flexibility index (Phi) is 10.4. The number of aliphatic hydroxyl groups excluding tert-OH is 1. The largest absolute Gasteiger partial charge is 0.384 e. The van der Waals surface area contributed by atoms with Crippen molar-refractivity contribution in [3.8, 4) is 0 Å². The lowest BCUT2D eigenvalue weighted by Gasteiger charge is -2.36. The van der Waals surface area contributed by atoms with E-state index in [1.165, 1.54) is 15.8 Å². The molecule has 4 amide bonds. The zero-order chi connectivity index (χ0) is 37.4. The van der Waals surface area contributed by atoms with Crippen molar-refractivity contribution in [1.82, 2.24) is 30.5 Å². The van der Waals surface area contributed by atoms with Crippen LogP contribution in [0.15, 0.2) is 48.7 Å². The number of aromatic nitrogens is 3. The standard InChI is InChI=1S/C36H47N7O8S/c1-35(2,49)29-19-38-41-43(29)26-18-28(33(47)40-36(30(44)31(37)45)14-15-52(50,51)21-36)42(20-26)34(48)27(16-22-8-4-3-5-9-22)39-32(46)25-13-12-23-10-6-7-11-24(23)17-25/h6-7,10-13,17,19,22,26-28,30,44,49H,3-5,8-9,14-16,18,20-21H2,1-2H3,(H2,37,45)(H,39,46)(H,40,47)/t26-,27?,28-,30?,36?/m0/s1. The Labute approximate surface area is 302 Å². The van der Waals surface area contributed by atoms with Crippen LogP contribution in [0.25, 0.3) is 10.8 Å². The van der Waals surface area contributed by atoms with Crippen LogP contribution >= 0.6 is 0 Å². The summed E-state index contributed by atoms with van der Waals surface area (Å²) in [4.78, 5) is 56.4. The maximum atomic E-state index is 14.8. The van der Waals surface area contributed by atoms with Gasteiger partial charge in [0.05, 0.1) is 35.0 Å². The molecule has 6 rings (SSSR count). The van der Waals surface area contributed by atoms with Gasteiger partial charge < -0.3 is 31.5 Å². The topological polar surface area (TPSA) is 227 Å². The highest BCUT2D eigenvalue weighted by molar-refractivity contribution is 7.91. The molecule has 3 heterocycles. The first-order chi connectivity index (χ1) is 24.6. The third kappa shape index (κ3) is 7.83. The number of nitrogens with one attached hydrogen (secondary N) is 2. The quantitative estimate of drug-likeness (QED) is 0.188. The summed E-state index contributed by atoms with van der Waals surface area (Å²) >= 11 is 0. The first-order valence-electron chi connectivity index (χ1n) is 17.8. The summed E-state index contributed by atoms with van der Waals surface area (Å²) < 4.78 is 26.7. The van der Waals surface area contributed by atoms with Crippen molar-refractivity contribution in [2.45, 2.75) is 101 Å². The normalized spacial score (nSPS) is 24.7. The van der Waals surface area contributed by atoms with Gasteiger partial charge >= 0.3 is 0 Å². The lowest BCUT2D eigenvalue weighted by atomic mass is 9.84. The van der Waals surface area contributed by atoms with E-state index in [-0.39, 0.29) is 31.1 Å². The van der Waals surface area contributed by atoms with E-state index in [4.69, 9.17) is 5.73 Å². The van der Waals surface area contributed by atoms with Gasteiger partial charge in [0.1, 0.15) is 17.7 Å². The molecule has 0 bridgehead atoms. The number of primary amides is 1. The van der Waals surface area contributed by atoms with Crippen LogP contribution in [-0.2, 0) is 29.8 Å². The van der Waals surface area contributed by atoms with E-state index in [1.54, 1.807) is 26.0 Å². The minimum Gasteiger partial charge on any atom is -0.384 e. The number of nitrogens with zero attached hydrogens (tertiary/aromatic N) is 4. The van der Waals surface area contributed by atoms with Crippen molar-refractivity contribution in [1.29, 1.82) is 0 Å². The van der Waals surface area contributed by atoms with Crippen LogP contribution in [-0.4, -0.2) is 104 Å². The summed E-state index contributed by atoms with van der Waals surface area (Å²) in [6.07, 6.45) is 4.32. The predicted octanol–water partition coefficient (Wildman–Crippen LogP) is 1.09. The Hall–Kier alpha value is -4.41. The number of benzene rings is 2. The maximum Gasteiger partial charge on any atom is 0.251 e. The summed E-state index contributed by atoms with van der Waals surface area (Å²) in [6.45, 7) is 3.06. The van der Waals surface area contributed by atoms with E-state index in [2.05, 4.69) is 20.9 Å². The summed E-state index contributed by atoms with van der Waals surface area (Å²) in [5, 5.41) is 37.2. The van der Waals surface area contributed by atoms with Gasteiger partial charge in [0, 0.05) is 18.5 Å². The SMILES string of the molecule is CC(C)(O)c1cnnn1[C@H]1C[C@@H](C(=O)NC2(C(O)C(N)=O)CCS(=O)(=O)C2)N(C(=O)C(CC2CCCCC2)NC(=O)c2ccc3ccccc3c2)C1. The van der Waals surface area contributed by atoms with Crippen molar-refractivity contribution in [3.05, 3.63) is 59.9 Å². The molecule has 0 radical (unpaired) electrons. The van der Waals surface area contributed by atoms with Crippen molar-refractivity contribution in [3.63, 3.8) is 0 Å². The molecule has 2 aromatic carbocycles. The van der Waals surface area contributed by atoms with Gasteiger partial charge in [-0.15, -0.1) is 5.10 Å². The van der Waals surface area contributed by atoms with E-state index < -0.39 is 74.6 Å². The molecule has 16 heteroatoms. The Bertz CT molecular complexity index is 1950. The molecule has 0 spiro atoms. The summed E-state index contributed by atoms with van der Waals surface area (Å²) in [5.41, 5.74) is 2.86. The van der Waals surface area contributed by atoms with E-state index in [1.807, 2.05) is 30.3 Å². The number of rotatable bonds is 11. The van der Waals surface area contributed by atoms with Crippen molar-refractivity contribution >= 4 is 44.2 Å². The highest BCUT2D eigenvalue weighted by atomic mass is 32.2. The number of hydrogen-bond acceptors (Lipinski definition) is 10. The van der Waals surface area contributed by atoms with E-state index in [0.29, 0.717) is 17.7 Å². The Morgan fingerprint density at radius 2 is 1.79 bits per heavy atom. The molecule has 1 aliphatic carbocycles. The molecule has 3 fully saturated rings. The number of carbonyl (C=O) groups excluding carboxylic acids is 4. The number of fused-ring (bicyclic) bond motifs is 1. The maximum absolute atomic E-state index is 14.8. The van der Waals surface area contributed by atoms with Crippen molar-refractivity contribution in [2.24, 2.45) is 11.7 Å². The van der Waals surface area contributed by atoms with E-state index in [9.17, 15) is 37.8 Å². The van der Waals surface area contributed by atoms with Crippen molar-refractivity contribution in [2.75, 3.05) is 18.1 Å². The zero-order valence-electron chi connectivity index (χ0n) is 29.4. The second-order valence-electron chi connectivity index (χ2n) is 15.1. The minimum absolute atomic E-state index is 0.0196. The van der Waals surface area contributed by atoms with Crippen LogP contribution in [0.4, 0.5) is 0 Å². The van der Waals surface area contributed by atoms with Gasteiger partial charge in [-0.25, -0.2) is 13.1 Å². The van der Waals surface area contributed by atoms with E-state index in [0.717, 1.165) is 42.9 Å². The van der Waals surface area contributed by atoms with Gasteiger partial charge in [0.15, 0.2) is 15.9 Å². The van der Waals surface area contributed by atoms with E-state index >= 15 is 0 Å². The molecule has 280 valence electrons. The average molecular weight is 738 g/mol. The first-order valence-corrected chi connectivity index (χ1v) is 19.6. The fraction of sp³-hybridized carbons (Fsp3) is 0.556. The molecule has 15 nitrogen and oxygen atoms in total. The number of likely N-dealkylation sites (tertiary alicyclic amines) is 1. The number of hydrogen-bond donors (Lipinski definition) is 5. The molecule has 5 atom stereocenters. The molecule has 3 aliphatic rings. The molecule has 2 saturated heterocycles. The molecule has 3 unspecified atom stereocenters. The fourth-order valence-corrected chi connectivity index (χ4v) is 10.0. The summed E-state index contributed by atoms with van der Waals surface area (Å²) in [6, 6.07) is 10.0. The summed E-state index contributed by atoms with van der Waals surface area (Å²) in [5.74, 6) is -3.90. The second kappa shape index (κ2) is 14.5. The van der Waals surface area contributed by atoms with Gasteiger partial charge in [0.2, 0.25) is 17.7 Å². The number of amides is 4. The zero-order valence-corrected chi connectivity index (χ0v) is 30.2. The Morgan fingerprint density at radius 3 is 2.44 bits per heavy atom. The molecule has 52 heavy (non-hydrogen) atoms. The molecular formula is C36H47N7O8S. The average Bonchev–Trinajstić information content (AvgIpc) is 3.85. The number of nitrogens with two attached hydrogens (primary N) is 1. The fourth-order valence-electron chi connectivity index (χ4n) is 8.04. The van der Waals surface area contributed by atoms with Crippen LogP contribution in [0, 0.1) is 5.92 Å². The van der Waals surface area contributed by atoms with Crippen LogP contribution in [0.5, 0.6) is 0 Å². The predicted molar refractivity (Wildman–Crippen MR) is 190 cm³/mol. The van der Waals surface area contributed by atoms with Gasteiger partial charge in [-0.05, 0) is 55.5 Å². The first kappa shape index (κ1) is 37.4. The van der Waals surface area contributed by atoms with Crippen LogP contribution in [0.3, 0.4) is 0 Å². The summed E-state index contributed by atoms with van der Waals surface area (Å²) in [7, 11) is -3.74. The highest BCUT2D eigenvalue weighted by Gasteiger charge is 2.53. The number of carbonyl (C=O) groups is 4. The van der Waals surface area contributed by atoms with Gasteiger partial charge in [-0.3, -0.25) is 19.2 Å². The van der Waals surface area contributed by atoms with Crippen LogP contribution in [0.1, 0.15) is 87.3 Å². The lowest BCUT2D eigenvalue weighted by Crippen LogP contribution is -2.64. The Morgan fingerprint density at radius 1 is 1.08 bits per heavy atom. The second-order valence-corrected chi connectivity index (χ2v) is 17.3. The van der Waals surface area contributed by atoms with Gasteiger partial charge in [0.25, 0.3) is 5.91 Å². The monoisotopic (exact) mass is 737 g/mol. The number of aliphatic hydroxyl groups is 2. The smallest absolute Gasteiger partial charge is 0.251 e. The minimum atomic E-state index is -3.74. The molecular weight excluding hydrogens is 691 g/mol. The third-order valence-corrected chi connectivity index (χ3v) is 12.6. The van der Waals surface area contributed by atoms with Crippen LogP contribution < -0.4 is 16.4 Å². The molecule has 1 saturated carbocycles. The number of sulfone groups is 1. The molecule has 1 aromatic heterocycles. The molecule has 6 N–H and O–H groups in total. The van der Waals surface area contributed by atoms with Crippen LogP contribution in [0.2, 0.25) is 0 Å². The van der Waals surface area contributed by atoms with Crippen molar-refractivity contribution < 1.29 is 37.8 Å². The molecule has 3 aromatic rings. The third-order valence-electron chi connectivity index (χ3n) is 10.8.